The molecule has 2 rings (SSSR count). The molecule has 9 heteroatoms. The minimum Gasteiger partial charge on any atom is -0.297 e. The first-order chi connectivity index (χ1) is 9.70. The molecule has 0 aliphatic heterocycles. The predicted molar refractivity (Wildman–Crippen MR) is 75.5 cm³/mol. The highest BCUT2D eigenvalue weighted by Crippen LogP contribution is 2.29. The summed E-state index contributed by atoms with van der Waals surface area (Å²) in [6, 6.07) is 6.36. The van der Waals surface area contributed by atoms with Crippen LogP contribution in [-0.4, -0.2) is 15.7 Å². The van der Waals surface area contributed by atoms with E-state index in [0.717, 1.165) is 0 Å². The maximum Gasteiger partial charge on any atom is 0.406 e. The Kier molecular flexibility index (Phi) is 4.29. The second-order valence-corrected chi connectivity index (χ2v) is 5.34. The van der Waals surface area contributed by atoms with Gasteiger partial charge in [0, 0.05) is 10.0 Å². The lowest BCUT2D eigenvalue weighted by atomic mass is 10.1. The van der Waals surface area contributed by atoms with E-state index in [1.54, 1.807) is 18.2 Å². The summed E-state index contributed by atoms with van der Waals surface area (Å²) in [4.78, 5) is 25.7. The van der Waals surface area contributed by atoms with Gasteiger partial charge in [0.15, 0.2) is 0 Å². The summed E-state index contributed by atoms with van der Waals surface area (Å²) in [5.41, 5.74) is -2.22. The molecule has 0 aliphatic carbocycles. The Morgan fingerprint density at radius 1 is 1.24 bits per heavy atom. The van der Waals surface area contributed by atoms with Crippen LogP contribution in [0.2, 0.25) is 5.15 Å². The Hall–Kier alpha value is -1.54. The van der Waals surface area contributed by atoms with Gasteiger partial charge in [0.05, 0.1) is 5.56 Å². The second kappa shape index (κ2) is 5.69. The molecule has 112 valence electrons. The van der Waals surface area contributed by atoms with Gasteiger partial charge in [0.1, 0.15) is 11.7 Å². The van der Waals surface area contributed by atoms with Gasteiger partial charge in [-0.05, 0) is 6.07 Å². The topological polar surface area (TPSA) is 54.9 Å². The number of rotatable bonds is 2. The van der Waals surface area contributed by atoms with Crippen LogP contribution in [-0.2, 0) is 6.54 Å². The van der Waals surface area contributed by atoms with Crippen molar-refractivity contribution in [3.8, 4) is 11.1 Å². The van der Waals surface area contributed by atoms with Crippen LogP contribution < -0.4 is 11.2 Å². The molecule has 0 fully saturated rings. The lowest BCUT2D eigenvalue weighted by Crippen LogP contribution is -2.40. The Morgan fingerprint density at radius 2 is 1.86 bits per heavy atom. The molecular formula is C12H7BrClF3N2O2. The standard InChI is InChI=1S/C12H7BrClF3N2O2/c13-7-4-2-1-3-6(7)8-9(14)18-11(21)19(10(8)20)5-12(15,16)17/h1-4H,5H2,(H,18,21). The number of benzene rings is 1. The van der Waals surface area contributed by atoms with Crippen molar-refractivity contribution >= 4 is 27.5 Å². The minimum atomic E-state index is -4.70. The predicted octanol–water partition coefficient (Wildman–Crippen LogP) is 3.18. The van der Waals surface area contributed by atoms with Gasteiger partial charge in [-0.3, -0.25) is 14.3 Å². The van der Waals surface area contributed by atoms with Gasteiger partial charge in [-0.15, -0.1) is 0 Å². The fourth-order valence-electron chi connectivity index (χ4n) is 1.77. The third-order valence-corrected chi connectivity index (χ3v) is 3.60. The van der Waals surface area contributed by atoms with Gasteiger partial charge in [0.25, 0.3) is 5.56 Å². The molecule has 21 heavy (non-hydrogen) atoms. The average Bonchev–Trinajstić information content (AvgIpc) is 2.35. The number of alkyl halides is 3. The van der Waals surface area contributed by atoms with E-state index in [1.807, 2.05) is 4.98 Å². The first-order valence-corrected chi connectivity index (χ1v) is 6.72. The van der Waals surface area contributed by atoms with Crippen molar-refractivity contribution in [1.29, 1.82) is 0 Å². The lowest BCUT2D eigenvalue weighted by molar-refractivity contribution is -0.141. The van der Waals surface area contributed by atoms with E-state index in [2.05, 4.69) is 15.9 Å². The molecule has 1 heterocycles. The maximum absolute atomic E-state index is 12.5. The van der Waals surface area contributed by atoms with E-state index in [-0.39, 0.29) is 15.3 Å². The number of hydrogen-bond acceptors (Lipinski definition) is 2. The largest absolute Gasteiger partial charge is 0.406 e. The summed E-state index contributed by atoms with van der Waals surface area (Å²) in [5.74, 6) is 0. The normalized spacial score (nSPS) is 11.7. The molecule has 0 atom stereocenters. The zero-order valence-corrected chi connectivity index (χ0v) is 12.5. The minimum absolute atomic E-state index is 0.0701. The Labute approximate surface area is 129 Å². The molecule has 0 spiro atoms. The highest BCUT2D eigenvalue weighted by Gasteiger charge is 2.30. The molecule has 4 nitrogen and oxygen atoms in total. The molecule has 1 aromatic heterocycles. The highest BCUT2D eigenvalue weighted by atomic mass is 79.9. The summed E-state index contributed by atoms with van der Waals surface area (Å²) in [6.45, 7) is -1.68. The molecule has 0 unspecified atom stereocenters. The summed E-state index contributed by atoms with van der Waals surface area (Å²) in [7, 11) is 0. The second-order valence-electron chi connectivity index (χ2n) is 4.11. The average molecular weight is 384 g/mol. The fraction of sp³-hybridized carbons (Fsp3) is 0.167. The van der Waals surface area contributed by atoms with Crippen LogP contribution in [0.15, 0.2) is 38.3 Å². The first kappa shape index (κ1) is 15.8. The van der Waals surface area contributed by atoms with E-state index >= 15 is 0 Å². The summed E-state index contributed by atoms with van der Waals surface area (Å²) >= 11 is 9.00. The smallest absolute Gasteiger partial charge is 0.297 e. The number of nitrogens with one attached hydrogen (secondary N) is 1. The van der Waals surface area contributed by atoms with E-state index in [1.165, 1.54) is 6.07 Å². The first-order valence-electron chi connectivity index (χ1n) is 5.55. The molecule has 1 N–H and O–H groups in total. The zero-order valence-electron chi connectivity index (χ0n) is 10.2. The third kappa shape index (κ3) is 3.38. The quantitative estimate of drug-likeness (QED) is 0.810. The number of nitrogens with zero attached hydrogens (tertiary/aromatic N) is 1. The van der Waals surface area contributed by atoms with Crippen molar-refractivity contribution in [1.82, 2.24) is 9.55 Å². The van der Waals surface area contributed by atoms with Gasteiger partial charge in [0.2, 0.25) is 0 Å². The number of H-pyrrole nitrogens is 1. The van der Waals surface area contributed by atoms with Gasteiger partial charge < -0.3 is 0 Å². The maximum atomic E-state index is 12.5. The molecule has 0 bridgehead atoms. The van der Waals surface area contributed by atoms with Crippen LogP contribution in [0.5, 0.6) is 0 Å². The van der Waals surface area contributed by atoms with Gasteiger partial charge in [-0.25, -0.2) is 4.79 Å². The van der Waals surface area contributed by atoms with Crippen molar-refractivity contribution in [3.63, 3.8) is 0 Å². The van der Waals surface area contributed by atoms with E-state index < -0.39 is 24.0 Å². The Morgan fingerprint density at radius 3 is 2.43 bits per heavy atom. The van der Waals surface area contributed by atoms with Crippen LogP contribution in [0.25, 0.3) is 11.1 Å². The van der Waals surface area contributed by atoms with E-state index in [0.29, 0.717) is 10.0 Å². The third-order valence-electron chi connectivity index (χ3n) is 2.62. The van der Waals surface area contributed by atoms with Crippen LogP contribution in [0.4, 0.5) is 13.2 Å². The van der Waals surface area contributed by atoms with Crippen molar-refractivity contribution in [2.24, 2.45) is 0 Å². The summed E-state index contributed by atoms with van der Waals surface area (Å²) < 4.78 is 37.9. The number of hydrogen-bond donors (Lipinski definition) is 1. The Balaban J connectivity index is 2.75. The Bertz CT molecular complexity index is 798. The summed E-state index contributed by atoms with van der Waals surface area (Å²) in [6.07, 6.45) is -4.70. The molecule has 0 saturated carbocycles. The molecule has 0 radical (unpaired) electrons. The van der Waals surface area contributed by atoms with Crippen molar-refractivity contribution in [3.05, 3.63) is 54.7 Å². The highest BCUT2D eigenvalue weighted by molar-refractivity contribution is 9.10. The lowest BCUT2D eigenvalue weighted by Gasteiger charge is -2.12. The molecule has 0 aliphatic rings. The van der Waals surface area contributed by atoms with Crippen molar-refractivity contribution in [2.45, 2.75) is 12.7 Å². The van der Waals surface area contributed by atoms with Crippen molar-refractivity contribution in [2.75, 3.05) is 0 Å². The van der Waals surface area contributed by atoms with Crippen LogP contribution in [0, 0.1) is 0 Å². The number of aromatic amines is 1. The van der Waals surface area contributed by atoms with Crippen LogP contribution in [0.3, 0.4) is 0 Å². The van der Waals surface area contributed by atoms with Gasteiger partial charge in [-0.1, -0.05) is 45.7 Å². The monoisotopic (exact) mass is 382 g/mol. The molecule has 0 saturated heterocycles. The fourth-order valence-corrected chi connectivity index (χ4v) is 2.51. The number of aromatic nitrogens is 2. The summed E-state index contributed by atoms with van der Waals surface area (Å²) in [5, 5.41) is -0.310. The zero-order chi connectivity index (χ0) is 15.8. The molecular weight excluding hydrogens is 376 g/mol. The SMILES string of the molecule is O=c1[nH]c(Cl)c(-c2ccccc2Br)c(=O)n1CC(F)(F)F. The molecule has 2 aromatic rings. The van der Waals surface area contributed by atoms with Gasteiger partial charge in [-0.2, -0.15) is 13.2 Å². The van der Waals surface area contributed by atoms with Gasteiger partial charge >= 0.3 is 11.9 Å². The van der Waals surface area contributed by atoms with Crippen LogP contribution in [0.1, 0.15) is 0 Å². The molecule has 0 amide bonds. The number of halogens is 5. The molecule has 1 aromatic carbocycles. The van der Waals surface area contributed by atoms with Crippen LogP contribution >= 0.6 is 27.5 Å². The van der Waals surface area contributed by atoms with E-state index in [9.17, 15) is 22.8 Å². The van der Waals surface area contributed by atoms with E-state index in [4.69, 9.17) is 11.6 Å². The van der Waals surface area contributed by atoms with Crippen molar-refractivity contribution < 1.29 is 13.2 Å².